The molecule has 5 heteroatoms. The maximum atomic E-state index is 10.8. The number of hydrogen-bond acceptors (Lipinski definition) is 4. The second kappa shape index (κ2) is 4.90. The Labute approximate surface area is 108 Å². The van der Waals surface area contributed by atoms with Gasteiger partial charge in [0.15, 0.2) is 0 Å². The van der Waals surface area contributed by atoms with Gasteiger partial charge in [-0.2, -0.15) is 5.26 Å². The van der Waals surface area contributed by atoms with Gasteiger partial charge in [-0.05, 0) is 24.3 Å². The molecule has 0 unspecified atom stereocenters. The predicted molar refractivity (Wildman–Crippen MR) is 70.5 cm³/mol. The third kappa shape index (κ3) is 2.19. The highest BCUT2D eigenvalue weighted by Crippen LogP contribution is 2.32. The number of nitriles is 1. The van der Waals surface area contributed by atoms with Crippen LogP contribution in [0.2, 0.25) is 0 Å². The molecule has 0 bridgehead atoms. The van der Waals surface area contributed by atoms with Gasteiger partial charge in [-0.3, -0.25) is 0 Å². The number of benzene rings is 1. The number of anilines is 2. The molecular formula is C13H10N2O2S. The lowest BCUT2D eigenvalue weighted by Crippen LogP contribution is -2.09. The van der Waals surface area contributed by atoms with Crippen LogP contribution < -0.4 is 4.90 Å². The Morgan fingerprint density at radius 2 is 2.06 bits per heavy atom. The van der Waals surface area contributed by atoms with Crippen LogP contribution in [0.25, 0.3) is 0 Å². The van der Waals surface area contributed by atoms with Gasteiger partial charge in [0.05, 0.1) is 16.3 Å². The van der Waals surface area contributed by atoms with Gasteiger partial charge in [0.1, 0.15) is 10.9 Å². The van der Waals surface area contributed by atoms with Gasteiger partial charge < -0.3 is 10.0 Å². The van der Waals surface area contributed by atoms with Crippen molar-refractivity contribution >= 4 is 28.0 Å². The third-order valence-corrected chi connectivity index (χ3v) is 3.67. The molecule has 0 aliphatic rings. The Hall–Kier alpha value is -2.32. The number of rotatable bonds is 3. The van der Waals surface area contributed by atoms with Gasteiger partial charge in [-0.1, -0.05) is 12.1 Å². The van der Waals surface area contributed by atoms with Crippen molar-refractivity contribution in [3.63, 3.8) is 0 Å². The number of para-hydroxylation sites is 1. The molecule has 1 aromatic heterocycles. The minimum absolute atomic E-state index is 0.284. The van der Waals surface area contributed by atoms with Crippen LogP contribution in [-0.2, 0) is 0 Å². The van der Waals surface area contributed by atoms with Crippen molar-refractivity contribution in [1.82, 2.24) is 0 Å². The zero-order chi connectivity index (χ0) is 13.1. The summed E-state index contributed by atoms with van der Waals surface area (Å²) in [6.45, 7) is 0. The van der Waals surface area contributed by atoms with Crippen molar-refractivity contribution in [3.8, 4) is 6.07 Å². The number of carboxylic acid groups (broad SMARTS) is 1. The Bertz CT molecular complexity index is 628. The number of hydrogen-bond donors (Lipinski definition) is 1. The van der Waals surface area contributed by atoms with E-state index in [1.807, 2.05) is 24.1 Å². The second-order valence-corrected chi connectivity index (χ2v) is 4.69. The summed E-state index contributed by atoms with van der Waals surface area (Å²) in [5.41, 5.74) is 1.32. The van der Waals surface area contributed by atoms with E-state index in [1.54, 1.807) is 24.3 Å². The van der Waals surface area contributed by atoms with Crippen molar-refractivity contribution in [3.05, 3.63) is 46.8 Å². The number of aromatic carboxylic acids is 1. The third-order valence-electron chi connectivity index (χ3n) is 2.52. The predicted octanol–water partition coefficient (Wildman–Crippen LogP) is 3.09. The normalized spacial score (nSPS) is 9.78. The van der Waals surface area contributed by atoms with Crippen LogP contribution in [-0.4, -0.2) is 18.1 Å². The molecule has 0 aliphatic carbocycles. The number of thiophene rings is 1. The lowest BCUT2D eigenvalue weighted by atomic mass is 10.2. The van der Waals surface area contributed by atoms with Crippen LogP contribution in [0.3, 0.4) is 0 Å². The SMILES string of the molecule is CN(c1ccc(C(=O)O)s1)c1ccccc1C#N. The van der Waals surface area contributed by atoms with Gasteiger partial charge in [-0.15, -0.1) is 11.3 Å². The zero-order valence-corrected chi connectivity index (χ0v) is 10.4. The highest BCUT2D eigenvalue weighted by Gasteiger charge is 2.13. The zero-order valence-electron chi connectivity index (χ0n) is 9.62. The van der Waals surface area contributed by atoms with Crippen molar-refractivity contribution in [2.24, 2.45) is 0 Å². The summed E-state index contributed by atoms with van der Waals surface area (Å²) in [6.07, 6.45) is 0. The van der Waals surface area contributed by atoms with Crippen molar-refractivity contribution in [1.29, 1.82) is 5.26 Å². The van der Waals surface area contributed by atoms with Crippen molar-refractivity contribution in [2.45, 2.75) is 0 Å². The van der Waals surface area contributed by atoms with E-state index in [2.05, 4.69) is 6.07 Å². The van der Waals surface area contributed by atoms with Crippen LogP contribution >= 0.6 is 11.3 Å². The summed E-state index contributed by atoms with van der Waals surface area (Å²) >= 11 is 1.18. The summed E-state index contributed by atoms with van der Waals surface area (Å²) in [6, 6.07) is 12.6. The number of nitrogens with zero attached hydrogens (tertiary/aromatic N) is 2. The molecule has 4 nitrogen and oxygen atoms in total. The smallest absolute Gasteiger partial charge is 0.345 e. The Balaban J connectivity index is 2.38. The summed E-state index contributed by atoms with van der Waals surface area (Å²) in [7, 11) is 1.81. The van der Waals surface area contributed by atoms with Crippen LogP contribution in [0.4, 0.5) is 10.7 Å². The average molecular weight is 258 g/mol. The molecule has 90 valence electrons. The van der Waals surface area contributed by atoms with E-state index in [4.69, 9.17) is 10.4 Å². The number of carboxylic acids is 1. The Morgan fingerprint density at radius 3 is 2.67 bits per heavy atom. The molecule has 0 fully saturated rings. The van der Waals surface area contributed by atoms with E-state index in [1.165, 1.54) is 11.3 Å². The molecule has 0 saturated carbocycles. The van der Waals surface area contributed by atoms with Crippen LogP contribution in [0, 0.1) is 11.3 Å². The molecule has 18 heavy (non-hydrogen) atoms. The summed E-state index contributed by atoms with van der Waals surface area (Å²) < 4.78 is 0. The van der Waals surface area contributed by atoms with Crippen LogP contribution in [0.5, 0.6) is 0 Å². The fraction of sp³-hybridized carbons (Fsp3) is 0.0769. The van der Waals surface area contributed by atoms with Gasteiger partial charge in [0.2, 0.25) is 0 Å². The molecule has 0 amide bonds. The molecule has 1 N–H and O–H groups in total. The number of carbonyl (C=O) groups is 1. The molecule has 2 aromatic rings. The lowest BCUT2D eigenvalue weighted by molar-refractivity contribution is 0.0702. The molecule has 2 rings (SSSR count). The van der Waals surface area contributed by atoms with Crippen LogP contribution in [0.1, 0.15) is 15.2 Å². The molecular weight excluding hydrogens is 248 g/mol. The Morgan fingerprint density at radius 1 is 1.33 bits per heavy atom. The van der Waals surface area contributed by atoms with E-state index in [0.717, 1.165) is 10.7 Å². The quantitative estimate of drug-likeness (QED) is 0.918. The lowest BCUT2D eigenvalue weighted by Gasteiger charge is -2.18. The first-order chi connectivity index (χ1) is 8.63. The van der Waals surface area contributed by atoms with Gasteiger partial charge in [0.25, 0.3) is 0 Å². The largest absolute Gasteiger partial charge is 0.477 e. The maximum Gasteiger partial charge on any atom is 0.345 e. The van der Waals surface area contributed by atoms with E-state index >= 15 is 0 Å². The first-order valence-electron chi connectivity index (χ1n) is 5.19. The molecule has 0 saturated heterocycles. The second-order valence-electron chi connectivity index (χ2n) is 3.63. The van der Waals surface area contributed by atoms with Gasteiger partial charge in [-0.25, -0.2) is 4.79 Å². The van der Waals surface area contributed by atoms with E-state index < -0.39 is 5.97 Å². The maximum absolute atomic E-state index is 10.8. The topological polar surface area (TPSA) is 64.3 Å². The van der Waals surface area contributed by atoms with Gasteiger partial charge >= 0.3 is 5.97 Å². The minimum atomic E-state index is -0.937. The van der Waals surface area contributed by atoms with Crippen molar-refractivity contribution in [2.75, 3.05) is 11.9 Å². The summed E-state index contributed by atoms with van der Waals surface area (Å²) in [5, 5.41) is 18.7. The van der Waals surface area contributed by atoms with E-state index in [9.17, 15) is 4.79 Å². The van der Waals surface area contributed by atoms with Gasteiger partial charge in [0, 0.05) is 7.05 Å². The molecule has 1 heterocycles. The minimum Gasteiger partial charge on any atom is -0.477 e. The fourth-order valence-electron chi connectivity index (χ4n) is 1.60. The summed E-state index contributed by atoms with van der Waals surface area (Å²) in [5.74, 6) is -0.937. The first-order valence-corrected chi connectivity index (χ1v) is 6.01. The average Bonchev–Trinajstić information content (AvgIpc) is 2.87. The Kier molecular flexibility index (Phi) is 3.31. The molecule has 1 aromatic carbocycles. The molecule has 0 atom stereocenters. The first kappa shape index (κ1) is 12.1. The highest BCUT2D eigenvalue weighted by molar-refractivity contribution is 7.17. The van der Waals surface area contributed by atoms with E-state index in [0.29, 0.717) is 5.56 Å². The molecule has 0 aliphatic heterocycles. The monoisotopic (exact) mass is 258 g/mol. The standard InChI is InChI=1S/C13H10N2O2S/c1-15(10-5-3-2-4-9(10)8-14)12-7-6-11(18-12)13(16)17/h2-7H,1H3,(H,16,17). The fourth-order valence-corrected chi connectivity index (χ4v) is 2.42. The van der Waals surface area contributed by atoms with Crippen molar-refractivity contribution < 1.29 is 9.90 Å². The van der Waals surface area contributed by atoms with E-state index in [-0.39, 0.29) is 4.88 Å². The highest BCUT2D eigenvalue weighted by atomic mass is 32.1. The summed E-state index contributed by atoms with van der Waals surface area (Å²) in [4.78, 5) is 12.9. The molecule has 0 spiro atoms. The van der Waals surface area contributed by atoms with Crippen LogP contribution in [0.15, 0.2) is 36.4 Å². The molecule has 0 radical (unpaired) electrons.